The number of hydrogen-bond donors (Lipinski definition) is 2. The number of fused-ring (bicyclic) bond motifs is 2. The van der Waals surface area contributed by atoms with Gasteiger partial charge in [-0.3, -0.25) is 9.69 Å². The monoisotopic (exact) mass is 484 g/mol. The maximum Gasteiger partial charge on any atom is 0.315 e. The number of primary amides is 1. The Morgan fingerprint density at radius 3 is 2.70 bits per heavy atom. The van der Waals surface area contributed by atoms with Crippen LogP contribution in [-0.4, -0.2) is 40.1 Å². The molecule has 3 amide bonds. The molecule has 2 aliphatic heterocycles. The average molecular weight is 485 g/mol. The van der Waals surface area contributed by atoms with Crippen LogP contribution in [0.3, 0.4) is 0 Å². The molecule has 0 atom stereocenters. The highest BCUT2D eigenvalue weighted by Crippen LogP contribution is 2.37. The number of hydrogen-bond acceptors (Lipinski definition) is 6. The van der Waals surface area contributed by atoms with E-state index in [1.54, 1.807) is 23.1 Å². The predicted octanol–water partition coefficient (Wildman–Crippen LogP) is 3.96. The van der Waals surface area contributed by atoms with Gasteiger partial charge >= 0.3 is 6.03 Å². The first-order valence-electron chi connectivity index (χ1n) is 10.1. The topological polar surface area (TPSA) is 114 Å². The summed E-state index contributed by atoms with van der Waals surface area (Å²) in [6.07, 6.45) is 2.12. The van der Waals surface area contributed by atoms with Crippen LogP contribution in [0, 0.1) is 0 Å². The van der Waals surface area contributed by atoms with Crippen molar-refractivity contribution in [2.75, 3.05) is 23.5 Å². The van der Waals surface area contributed by atoms with Crippen LogP contribution in [-0.2, 0) is 13.0 Å². The molecule has 0 bridgehead atoms. The SMILES string of the molecule is NC(=O)N1CCc2cc(Nc3ncc4c(n3)OCN(c3c(Cl)cccc3Cl)C4=O)ccc2C1. The van der Waals surface area contributed by atoms with Crippen LogP contribution < -0.4 is 20.7 Å². The molecule has 2 aliphatic rings. The molecule has 0 saturated heterocycles. The largest absolute Gasteiger partial charge is 0.455 e. The number of nitrogens with one attached hydrogen (secondary N) is 1. The highest BCUT2D eigenvalue weighted by molar-refractivity contribution is 6.40. The van der Waals surface area contributed by atoms with Gasteiger partial charge in [-0.05, 0) is 41.8 Å². The molecule has 3 aromatic rings. The average Bonchev–Trinajstić information content (AvgIpc) is 2.80. The predicted molar refractivity (Wildman–Crippen MR) is 124 cm³/mol. The highest BCUT2D eigenvalue weighted by Gasteiger charge is 2.31. The molecule has 2 aromatic carbocycles. The van der Waals surface area contributed by atoms with Crippen LogP contribution in [0.1, 0.15) is 21.5 Å². The van der Waals surface area contributed by atoms with Crippen LogP contribution in [0.15, 0.2) is 42.6 Å². The summed E-state index contributed by atoms with van der Waals surface area (Å²) in [4.78, 5) is 36.0. The molecule has 1 aromatic heterocycles. The van der Waals surface area contributed by atoms with Crippen molar-refractivity contribution in [1.29, 1.82) is 0 Å². The van der Waals surface area contributed by atoms with Gasteiger partial charge in [-0.15, -0.1) is 0 Å². The van der Waals surface area contributed by atoms with E-state index in [0.717, 1.165) is 16.8 Å². The van der Waals surface area contributed by atoms with Crippen LogP contribution in [0.5, 0.6) is 5.88 Å². The van der Waals surface area contributed by atoms with Gasteiger partial charge in [-0.2, -0.15) is 4.98 Å². The van der Waals surface area contributed by atoms with E-state index in [4.69, 9.17) is 33.7 Å². The molecular formula is C22H18Cl2N6O3. The van der Waals surface area contributed by atoms with Crippen molar-refractivity contribution < 1.29 is 14.3 Å². The van der Waals surface area contributed by atoms with E-state index >= 15 is 0 Å². The van der Waals surface area contributed by atoms with E-state index in [2.05, 4.69) is 15.3 Å². The lowest BCUT2D eigenvalue weighted by molar-refractivity contribution is 0.0932. The number of nitrogens with zero attached hydrogens (tertiary/aromatic N) is 4. The Morgan fingerprint density at radius 2 is 1.94 bits per heavy atom. The number of benzene rings is 2. The first kappa shape index (κ1) is 21.3. The third-order valence-electron chi connectivity index (χ3n) is 5.55. The van der Waals surface area contributed by atoms with Crippen LogP contribution in [0.2, 0.25) is 10.0 Å². The van der Waals surface area contributed by atoms with E-state index in [0.29, 0.717) is 41.2 Å². The Kier molecular flexibility index (Phi) is 5.43. The van der Waals surface area contributed by atoms with Crippen molar-refractivity contribution in [3.8, 4) is 5.88 Å². The second-order valence-electron chi connectivity index (χ2n) is 7.61. The molecule has 3 heterocycles. The summed E-state index contributed by atoms with van der Waals surface area (Å²) in [5, 5.41) is 3.82. The Balaban J connectivity index is 1.35. The lowest BCUT2D eigenvalue weighted by Gasteiger charge is -2.29. The molecule has 0 radical (unpaired) electrons. The van der Waals surface area contributed by atoms with Crippen molar-refractivity contribution in [2.24, 2.45) is 5.73 Å². The van der Waals surface area contributed by atoms with Gasteiger partial charge in [-0.1, -0.05) is 35.3 Å². The number of aromatic nitrogens is 2. The van der Waals surface area contributed by atoms with Crippen LogP contribution in [0.4, 0.5) is 22.1 Å². The number of amides is 3. The summed E-state index contributed by atoms with van der Waals surface area (Å²) in [6.45, 7) is 0.978. The number of anilines is 3. The minimum atomic E-state index is -0.421. The van der Waals surface area contributed by atoms with Gasteiger partial charge in [-0.25, -0.2) is 9.78 Å². The maximum atomic E-state index is 13.0. The molecule has 0 saturated carbocycles. The molecular weight excluding hydrogens is 467 g/mol. The van der Waals surface area contributed by atoms with E-state index in [-0.39, 0.29) is 24.1 Å². The summed E-state index contributed by atoms with van der Waals surface area (Å²) in [5.41, 5.74) is 8.92. The number of urea groups is 1. The number of halogens is 2. The molecule has 33 heavy (non-hydrogen) atoms. The van der Waals surface area contributed by atoms with E-state index in [1.807, 2.05) is 18.2 Å². The third kappa shape index (κ3) is 4.01. The zero-order chi connectivity index (χ0) is 23.1. The number of carbonyl (C=O) groups is 2. The number of carbonyl (C=O) groups excluding carboxylic acids is 2. The zero-order valence-corrected chi connectivity index (χ0v) is 18.7. The molecule has 3 N–H and O–H groups in total. The molecule has 0 unspecified atom stereocenters. The fourth-order valence-electron chi connectivity index (χ4n) is 3.87. The second kappa shape index (κ2) is 8.42. The van der Waals surface area contributed by atoms with Crippen molar-refractivity contribution in [2.45, 2.75) is 13.0 Å². The van der Waals surface area contributed by atoms with Gasteiger partial charge in [0.05, 0.1) is 15.7 Å². The Labute approximate surface area is 199 Å². The molecule has 11 heteroatoms. The molecule has 0 spiro atoms. The third-order valence-corrected chi connectivity index (χ3v) is 6.16. The Bertz CT molecular complexity index is 1260. The fourth-order valence-corrected chi connectivity index (χ4v) is 4.48. The van der Waals surface area contributed by atoms with Crippen molar-refractivity contribution >= 4 is 52.5 Å². The van der Waals surface area contributed by atoms with Crippen LogP contribution in [0.25, 0.3) is 0 Å². The number of nitrogens with two attached hydrogens (primary N) is 1. The van der Waals surface area contributed by atoms with Gasteiger partial charge < -0.3 is 20.7 Å². The van der Waals surface area contributed by atoms with Crippen molar-refractivity contribution in [3.63, 3.8) is 0 Å². The van der Waals surface area contributed by atoms with E-state index in [9.17, 15) is 9.59 Å². The van der Waals surface area contributed by atoms with E-state index < -0.39 is 6.03 Å². The molecule has 9 nitrogen and oxygen atoms in total. The Morgan fingerprint density at radius 1 is 1.15 bits per heavy atom. The summed E-state index contributed by atoms with van der Waals surface area (Å²) in [7, 11) is 0. The number of ether oxygens (including phenoxy) is 1. The summed E-state index contributed by atoms with van der Waals surface area (Å²) >= 11 is 12.5. The lowest BCUT2D eigenvalue weighted by atomic mass is 9.99. The molecule has 0 aliphatic carbocycles. The lowest BCUT2D eigenvalue weighted by Crippen LogP contribution is -2.39. The quantitative estimate of drug-likeness (QED) is 0.581. The summed E-state index contributed by atoms with van der Waals surface area (Å²) in [6, 6.07) is 10.4. The van der Waals surface area contributed by atoms with Crippen molar-refractivity contribution in [1.82, 2.24) is 14.9 Å². The highest BCUT2D eigenvalue weighted by atomic mass is 35.5. The van der Waals surface area contributed by atoms with Gasteiger partial charge in [0.15, 0.2) is 6.73 Å². The summed E-state index contributed by atoms with van der Waals surface area (Å²) in [5.74, 6) is 0.109. The number of rotatable bonds is 3. The zero-order valence-electron chi connectivity index (χ0n) is 17.2. The summed E-state index contributed by atoms with van der Waals surface area (Å²) < 4.78 is 5.72. The standard InChI is InChI=1S/C22H18Cl2N6O3/c23-16-2-1-3-17(24)18(16)30-11-33-19-15(20(30)31)9-26-22(28-19)27-14-5-4-13-10-29(21(25)32)7-6-12(13)8-14/h1-5,8-9H,6-7,10-11H2,(H2,25,32)(H,26,27,28). The van der Waals surface area contributed by atoms with E-state index in [1.165, 1.54) is 11.1 Å². The van der Waals surface area contributed by atoms with Gasteiger partial charge in [0, 0.05) is 25.0 Å². The minimum absolute atomic E-state index is 0.0824. The fraction of sp³-hybridized carbons (Fsp3) is 0.182. The normalized spacial score (nSPS) is 14.9. The van der Waals surface area contributed by atoms with Gasteiger partial charge in [0.25, 0.3) is 5.91 Å². The molecule has 5 rings (SSSR count). The first-order valence-corrected chi connectivity index (χ1v) is 10.8. The molecule has 168 valence electrons. The smallest absolute Gasteiger partial charge is 0.315 e. The van der Waals surface area contributed by atoms with Gasteiger partial charge in [0.2, 0.25) is 11.8 Å². The Hall–Kier alpha value is -3.56. The minimum Gasteiger partial charge on any atom is -0.455 e. The number of para-hydroxylation sites is 1. The maximum absolute atomic E-state index is 13.0. The first-order chi connectivity index (χ1) is 15.9. The molecule has 0 fully saturated rings. The van der Waals surface area contributed by atoms with Crippen molar-refractivity contribution in [3.05, 3.63) is 69.3 Å². The van der Waals surface area contributed by atoms with Gasteiger partial charge in [0.1, 0.15) is 5.56 Å². The second-order valence-corrected chi connectivity index (χ2v) is 8.42. The van der Waals surface area contributed by atoms with Crippen LogP contribution >= 0.6 is 23.2 Å².